The van der Waals surface area contributed by atoms with E-state index < -0.39 is 0 Å². The van der Waals surface area contributed by atoms with Crippen LogP contribution in [-0.2, 0) is 0 Å². The quantitative estimate of drug-likeness (QED) is 0.870. The zero-order valence-corrected chi connectivity index (χ0v) is 11.2. The van der Waals surface area contributed by atoms with E-state index in [2.05, 4.69) is 22.1 Å². The minimum absolute atomic E-state index is 0.207. The van der Waals surface area contributed by atoms with E-state index in [0.29, 0.717) is 6.04 Å². The highest BCUT2D eigenvalue weighted by atomic mass is 19.1. The van der Waals surface area contributed by atoms with Crippen LogP contribution < -0.4 is 5.32 Å². The lowest BCUT2D eigenvalue weighted by atomic mass is 10.1. The van der Waals surface area contributed by atoms with Gasteiger partial charge in [-0.3, -0.25) is 4.98 Å². The minimum atomic E-state index is -0.276. The van der Waals surface area contributed by atoms with Crippen molar-refractivity contribution < 1.29 is 4.39 Å². The number of likely N-dealkylation sites (tertiary alicyclic amines) is 1. The van der Waals surface area contributed by atoms with Crippen molar-refractivity contribution in [3.05, 3.63) is 29.8 Å². The van der Waals surface area contributed by atoms with E-state index in [-0.39, 0.29) is 11.9 Å². The first-order valence-corrected chi connectivity index (χ1v) is 6.73. The molecule has 0 aromatic carbocycles. The first kappa shape index (κ1) is 13.4. The Hall–Kier alpha value is -1.00. The molecular weight excluding hydrogens is 229 g/mol. The van der Waals surface area contributed by atoms with Gasteiger partial charge in [0.05, 0.1) is 17.9 Å². The van der Waals surface area contributed by atoms with Gasteiger partial charge in [-0.15, -0.1) is 0 Å². The highest BCUT2D eigenvalue weighted by molar-refractivity contribution is 5.09. The second-order valence-electron chi connectivity index (χ2n) is 5.06. The van der Waals surface area contributed by atoms with Crippen molar-refractivity contribution >= 4 is 0 Å². The molecule has 100 valence electrons. The third kappa shape index (κ3) is 3.27. The van der Waals surface area contributed by atoms with Crippen molar-refractivity contribution in [1.29, 1.82) is 0 Å². The Labute approximate surface area is 108 Å². The van der Waals surface area contributed by atoms with Gasteiger partial charge in [0.25, 0.3) is 0 Å². The Kier molecular flexibility index (Phi) is 4.66. The predicted molar refractivity (Wildman–Crippen MR) is 70.9 cm³/mol. The molecule has 2 rings (SSSR count). The molecule has 3 nitrogen and oxygen atoms in total. The topological polar surface area (TPSA) is 28.2 Å². The van der Waals surface area contributed by atoms with Gasteiger partial charge in [-0.1, -0.05) is 0 Å². The number of nitrogens with zero attached hydrogens (tertiary/aromatic N) is 2. The van der Waals surface area contributed by atoms with Crippen LogP contribution in [0.2, 0.25) is 0 Å². The van der Waals surface area contributed by atoms with Gasteiger partial charge in [-0.05, 0) is 51.9 Å². The lowest BCUT2D eigenvalue weighted by molar-refractivity contribution is 0.253. The van der Waals surface area contributed by atoms with Crippen molar-refractivity contribution in [1.82, 2.24) is 15.2 Å². The van der Waals surface area contributed by atoms with Gasteiger partial charge in [-0.25, -0.2) is 4.39 Å². The molecule has 0 aliphatic carbocycles. The molecule has 1 N–H and O–H groups in total. The van der Waals surface area contributed by atoms with Crippen LogP contribution in [0.3, 0.4) is 0 Å². The normalized spacial score (nSPS) is 22.3. The standard InChI is InChI=1S/C14H22FN3/c1-11-4-3-8-18(11)9-7-13(16-2)14-6-5-12(15)10-17-14/h5-6,10-11,13,16H,3-4,7-9H2,1-2H3. The Morgan fingerprint density at radius 1 is 1.56 bits per heavy atom. The lowest BCUT2D eigenvalue weighted by Crippen LogP contribution is -2.31. The molecule has 1 aliphatic rings. The van der Waals surface area contributed by atoms with Crippen LogP contribution in [0.5, 0.6) is 0 Å². The summed E-state index contributed by atoms with van der Waals surface area (Å²) < 4.78 is 12.8. The molecule has 2 heterocycles. The number of rotatable bonds is 5. The minimum Gasteiger partial charge on any atom is -0.312 e. The number of aromatic nitrogens is 1. The highest BCUT2D eigenvalue weighted by Gasteiger charge is 2.21. The van der Waals surface area contributed by atoms with Crippen LogP contribution in [-0.4, -0.2) is 36.1 Å². The molecule has 18 heavy (non-hydrogen) atoms. The Bertz CT molecular complexity index is 366. The van der Waals surface area contributed by atoms with E-state index in [1.807, 2.05) is 7.05 Å². The van der Waals surface area contributed by atoms with Crippen molar-refractivity contribution in [2.75, 3.05) is 20.1 Å². The molecule has 2 atom stereocenters. The van der Waals surface area contributed by atoms with Crippen molar-refractivity contribution in [3.8, 4) is 0 Å². The van der Waals surface area contributed by atoms with Crippen molar-refractivity contribution in [2.24, 2.45) is 0 Å². The van der Waals surface area contributed by atoms with Crippen molar-refractivity contribution in [3.63, 3.8) is 0 Å². The number of halogens is 1. The van der Waals surface area contributed by atoms with Gasteiger partial charge < -0.3 is 10.2 Å². The van der Waals surface area contributed by atoms with E-state index in [1.165, 1.54) is 31.6 Å². The summed E-state index contributed by atoms with van der Waals surface area (Å²) in [7, 11) is 1.93. The van der Waals surface area contributed by atoms with E-state index in [0.717, 1.165) is 18.7 Å². The first-order valence-electron chi connectivity index (χ1n) is 6.73. The van der Waals surface area contributed by atoms with E-state index in [4.69, 9.17) is 0 Å². The predicted octanol–water partition coefficient (Wildman–Crippen LogP) is 2.36. The molecule has 1 fully saturated rings. The average Bonchev–Trinajstić information content (AvgIpc) is 2.78. The summed E-state index contributed by atoms with van der Waals surface area (Å²) in [5.74, 6) is -0.276. The van der Waals surface area contributed by atoms with E-state index in [9.17, 15) is 4.39 Å². The van der Waals surface area contributed by atoms with Gasteiger partial charge in [0, 0.05) is 12.6 Å². The molecule has 2 unspecified atom stereocenters. The highest BCUT2D eigenvalue weighted by Crippen LogP contribution is 2.20. The summed E-state index contributed by atoms with van der Waals surface area (Å²) in [6.45, 7) is 4.57. The molecule has 1 saturated heterocycles. The van der Waals surface area contributed by atoms with Crippen LogP contribution >= 0.6 is 0 Å². The summed E-state index contributed by atoms with van der Waals surface area (Å²) in [6.07, 6.45) is 4.91. The Morgan fingerprint density at radius 2 is 2.39 bits per heavy atom. The molecular formula is C14H22FN3. The Morgan fingerprint density at radius 3 is 2.94 bits per heavy atom. The molecule has 0 saturated carbocycles. The monoisotopic (exact) mass is 251 g/mol. The summed E-state index contributed by atoms with van der Waals surface area (Å²) in [5.41, 5.74) is 0.922. The van der Waals surface area contributed by atoms with Crippen LogP contribution in [0.1, 0.15) is 37.9 Å². The smallest absolute Gasteiger partial charge is 0.141 e. The third-order valence-electron chi connectivity index (χ3n) is 3.85. The van der Waals surface area contributed by atoms with Crippen LogP contribution in [0.25, 0.3) is 0 Å². The molecule has 1 aromatic heterocycles. The summed E-state index contributed by atoms with van der Waals surface area (Å²) in [4.78, 5) is 6.68. The summed E-state index contributed by atoms with van der Waals surface area (Å²) >= 11 is 0. The van der Waals surface area contributed by atoms with Crippen LogP contribution in [0.15, 0.2) is 18.3 Å². The Balaban J connectivity index is 1.91. The number of hydrogen-bond donors (Lipinski definition) is 1. The van der Waals surface area contributed by atoms with Crippen LogP contribution in [0.4, 0.5) is 4.39 Å². The first-order chi connectivity index (χ1) is 8.70. The zero-order chi connectivity index (χ0) is 13.0. The van der Waals surface area contributed by atoms with Gasteiger partial charge in [0.15, 0.2) is 0 Å². The fraction of sp³-hybridized carbons (Fsp3) is 0.643. The zero-order valence-electron chi connectivity index (χ0n) is 11.2. The molecule has 0 spiro atoms. The molecule has 0 amide bonds. The SMILES string of the molecule is CNC(CCN1CCCC1C)c1ccc(F)cn1. The lowest BCUT2D eigenvalue weighted by Gasteiger charge is -2.24. The third-order valence-corrected chi connectivity index (χ3v) is 3.85. The largest absolute Gasteiger partial charge is 0.312 e. The van der Waals surface area contributed by atoms with E-state index >= 15 is 0 Å². The molecule has 4 heteroatoms. The molecule has 0 radical (unpaired) electrons. The van der Waals surface area contributed by atoms with Gasteiger partial charge in [0.2, 0.25) is 0 Å². The summed E-state index contributed by atoms with van der Waals surface area (Å²) in [5, 5.41) is 3.26. The number of nitrogens with one attached hydrogen (secondary N) is 1. The maximum absolute atomic E-state index is 12.8. The van der Waals surface area contributed by atoms with E-state index in [1.54, 1.807) is 6.07 Å². The van der Waals surface area contributed by atoms with Gasteiger partial charge in [0.1, 0.15) is 5.82 Å². The second-order valence-corrected chi connectivity index (χ2v) is 5.06. The van der Waals surface area contributed by atoms with Crippen LogP contribution in [0, 0.1) is 5.82 Å². The number of pyridine rings is 1. The fourth-order valence-electron chi connectivity index (χ4n) is 2.65. The van der Waals surface area contributed by atoms with Crippen molar-refractivity contribution in [2.45, 2.75) is 38.3 Å². The van der Waals surface area contributed by atoms with Gasteiger partial charge in [-0.2, -0.15) is 0 Å². The molecule has 1 aromatic rings. The maximum Gasteiger partial charge on any atom is 0.141 e. The maximum atomic E-state index is 12.8. The molecule has 0 bridgehead atoms. The fourth-order valence-corrected chi connectivity index (χ4v) is 2.65. The second kappa shape index (κ2) is 6.25. The summed E-state index contributed by atoms with van der Waals surface area (Å²) in [6, 6.07) is 4.15. The van der Waals surface area contributed by atoms with Gasteiger partial charge >= 0.3 is 0 Å². The number of hydrogen-bond acceptors (Lipinski definition) is 3. The average molecular weight is 251 g/mol. The molecule has 1 aliphatic heterocycles.